The second-order valence-corrected chi connectivity index (χ2v) is 5.63. The van der Waals surface area contributed by atoms with Crippen LogP contribution in [-0.4, -0.2) is 0 Å². The largest absolute Gasteiger partial charge is 0.0625 e. The van der Waals surface area contributed by atoms with Crippen molar-refractivity contribution in [3.8, 4) is 11.1 Å². The van der Waals surface area contributed by atoms with E-state index in [1.165, 1.54) is 16.7 Å². The predicted molar refractivity (Wildman–Crippen MR) is 78.1 cm³/mol. The average Bonchev–Trinajstić information content (AvgIpc) is 2.30. The zero-order valence-corrected chi connectivity index (χ0v) is 11.9. The van der Waals surface area contributed by atoms with Gasteiger partial charge in [0.15, 0.2) is 0 Å². The second-order valence-electron chi connectivity index (χ2n) is 4.77. The zero-order valence-electron chi connectivity index (χ0n) is 10.3. The molecule has 0 fully saturated rings. The Morgan fingerprint density at radius 1 is 0.941 bits per heavy atom. The summed E-state index contributed by atoms with van der Waals surface area (Å²) in [4.78, 5) is 0. The lowest BCUT2D eigenvalue weighted by atomic mass is 9.99. The lowest BCUT2D eigenvalue weighted by Crippen LogP contribution is -1.93. The van der Waals surface area contributed by atoms with Crippen LogP contribution >= 0.6 is 15.9 Å². The first-order valence-electron chi connectivity index (χ1n) is 6.00. The molecule has 0 atom stereocenters. The van der Waals surface area contributed by atoms with Crippen LogP contribution in [-0.2, 0) is 6.42 Å². The molecule has 0 N–H and O–H groups in total. The fraction of sp³-hybridized carbons (Fsp3) is 0.250. The maximum Gasteiger partial charge on any atom is 0.0253 e. The van der Waals surface area contributed by atoms with Gasteiger partial charge in [0.05, 0.1) is 0 Å². The van der Waals surface area contributed by atoms with Gasteiger partial charge in [-0.3, -0.25) is 0 Å². The van der Waals surface area contributed by atoms with Crippen molar-refractivity contribution >= 4 is 15.9 Å². The highest BCUT2D eigenvalue weighted by atomic mass is 79.9. The first-order chi connectivity index (χ1) is 8.16. The lowest BCUT2D eigenvalue weighted by Gasteiger charge is -2.08. The van der Waals surface area contributed by atoms with Crippen LogP contribution in [0.2, 0.25) is 0 Å². The van der Waals surface area contributed by atoms with Crippen molar-refractivity contribution in [2.45, 2.75) is 20.3 Å². The first-order valence-corrected chi connectivity index (χ1v) is 6.80. The standard InChI is InChI=1S/C16H17Br/c1-12(2)11-13-7-9-14(10-8-13)15-5-3-4-6-16(15)17/h3-10,12H,11H2,1-2H3. The summed E-state index contributed by atoms with van der Waals surface area (Å²) in [5, 5.41) is 0. The molecule has 0 aliphatic heterocycles. The molecular weight excluding hydrogens is 272 g/mol. The molecule has 0 saturated carbocycles. The molecule has 0 spiro atoms. The van der Waals surface area contributed by atoms with Gasteiger partial charge in [0, 0.05) is 4.47 Å². The molecule has 0 bridgehead atoms. The summed E-state index contributed by atoms with van der Waals surface area (Å²) in [6.07, 6.45) is 1.15. The Morgan fingerprint density at radius 3 is 2.18 bits per heavy atom. The van der Waals surface area contributed by atoms with E-state index in [-0.39, 0.29) is 0 Å². The Kier molecular flexibility index (Phi) is 4.01. The monoisotopic (exact) mass is 288 g/mol. The molecule has 2 rings (SSSR count). The van der Waals surface area contributed by atoms with Crippen LogP contribution in [0.1, 0.15) is 19.4 Å². The van der Waals surface area contributed by atoms with Gasteiger partial charge >= 0.3 is 0 Å². The minimum Gasteiger partial charge on any atom is -0.0625 e. The van der Waals surface area contributed by atoms with Gasteiger partial charge in [0.25, 0.3) is 0 Å². The molecule has 0 aromatic heterocycles. The number of hydrogen-bond donors (Lipinski definition) is 0. The summed E-state index contributed by atoms with van der Waals surface area (Å²) in [5.41, 5.74) is 3.93. The van der Waals surface area contributed by atoms with Crippen molar-refractivity contribution in [1.82, 2.24) is 0 Å². The molecule has 0 aliphatic carbocycles. The molecule has 2 aromatic rings. The van der Waals surface area contributed by atoms with Crippen LogP contribution < -0.4 is 0 Å². The molecular formula is C16H17Br. The highest BCUT2D eigenvalue weighted by Gasteiger charge is 2.02. The van der Waals surface area contributed by atoms with Gasteiger partial charge in [-0.1, -0.05) is 72.2 Å². The van der Waals surface area contributed by atoms with E-state index >= 15 is 0 Å². The van der Waals surface area contributed by atoms with Gasteiger partial charge < -0.3 is 0 Å². The Morgan fingerprint density at radius 2 is 1.59 bits per heavy atom. The van der Waals surface area contributed by atoms with E-state index in [0.29, 0.717) is 5.92 Å². The average molecular weight is 289 g/mol. The Labute approximate surface area is 112 Å². The Hall–Kier alpha value is -1.08. The van der Waals surface area contributed by atoms with E-state index in [1.54, 1.807) is 0 Å². The van der Waals surface area contributed by atoms with Gasteiger partial charge in [-0.05, 0) is 35.1 Å². The van der Waals surface area contributed by atoms with Gasteiger partial charge in [-0.2, -0.15) is 0 Å². The summed E-state index contributed by atoms with van der Waals surface area (Å²) in [6, 6.07) is 17.2. The van der Waals surface area contributed by atoms with Crippen LogP contribution in [0.25, 0.3) is 11.1 Å². The summed E-state index contributed by atoms with van der Waals surface area (Å²) in [7, 11) is 0. The van der Waals surface area contributed by atoms with Crippen molar-refractivity contribution in [1.29, 1.82) is 0 Å². The van der Waals surface area contributed by atoms with Crippen molar-refractivity contribution in [2.24, 2.45) is 5.92 Å². The topological polar surface area (TPSA) is 0 Å². The minimum absolute atomic E-state index is 0.712. The van der Waals surface area contributed by atoms with E-state index in [0.717, 1.165) is 10.9 Å². The molecule has 0 aliphatic rings. The Balaban J connectivity index is 2.27. The van der Waals surface area contributed by atoms with Crippen LogP contribution in [0, 0.1) is 5.92 Å². The molecule has 0 radical (unpaired) electrons. The second kappa shape index (κ2) is 5.50. The van der Waals surface area contributed by atoms with Crippen LogP contribution in [0.4, 0.5) is 0 Å². The molecule has 2 aromatic carbocycles. The highest BCUT2D eigenvalue weighted by Crippen LogP contribution is 2.28. The lowest BCUT2D eigenvalue weighted by molar-refractivity contribution is 0.647. The highest BCUT2D eigenvalue weighted by molar-refractivity contribution is 9.10. The molecule has 0 nitrogen and oxygen atoms in total. The van der Waals surface area contributed by atoms with Crippen molar-refractivity contribution in [3.63, 3.8) is 0 Å². The van der Waals surface area contributed by atoms with Gasteiger partial charge in [-0.25, -0.2) is 0 Å². The van der Waals surface area contributed by atoms with E-state index in [9.17, 15) is 0 Å². The molecule has 0 heterocycles. The zero-order chi connectivity index (χ0) is 12.3. The smallest absolute Gasteiger partial charge is 0.0253 e. The summed E-state index contributed by atoms with van der Waals surface area (Å²) >= 11 is 3.59. The third-order valence-electron chi connectivity index (χ3n) is 2.78. The summed E-state index contributed by atoms with van der Waals surface area (Å²) in [5.74, 6) is 0.712. The first kappa shape index (κ1) is 12.4. The third kappa shape index (κ3) is 3.19. The predicted octanol–water partition coefficient (Wildman–Crippen LogP) is 5.31. The van der Waals surface area contributed by atoms with Crippen LogP contribution in [0.3, 0.4) is 0 Å². The van der Waals surface area contributed by atoms with Gasteiger partial charge in [0.2, 0.25) is 0 Å². The Bertz CT molecular complexity index is 483. The van der Waals surface area contributed by atoms with Crippen molar-refractivity contribution in [3.05, 3.63) is 58.6 Å². The molecule has 0 amide bonds. The SMILES string of the molecule is CC(C)Cc1ccc(-c2ccccc2Br)cc1. The minimum atomic E-state index is 0.712. The summed E-state index contributed by atoms with van der Waals surface area (Å²) in [6.45, 7) is 4.50. The van der Waals surface area contributed by atoms with Crippen molar-refractivity contribution < 1.29 is 0 Å². The van der Waals surface area contributed by atoms with E-state index < -0.39 is 0 Å². The molecule has 88 valence electrons. The molecule has 17 heavy (non-hydrogen) atoms. The number of hydrogen-bond acceptors (Lipinski definition) is 0. The van der Waals surface area contributed by atoms with Gasteiger partial charge in [0.1, 0.15) is 0 Å². The van der Waals surface area contributed by atoms with Crippen LogP contribution in [0.15, 0.2) is 53.0 Å². The quantitative estimate of drug-likeness (QED) is 0.718. The van der Waals surface area contributed by atoms with E-state index in [4.69, 9.17) is 0 Å². The fourth-order valence-corrected chi connectivity index (χ4v) is 2.50. The van der Waals surface area contributed by atoms with Crippen LogP contribution in [0.5, 0.6) is 0 Å². The molecule has 1 heteroatoms. The molecule has 0 unspecified atom stereocenters. The summed E-state index contributed by atoms with van der Waals surface area (Å²) < 4.78 is 1.15. The van der Waals surface area contributed by atoms with Gasteiger partial charge in [-0.15, -0.1) is 0 Å². The maximum absolute atomic E-state index is 3.59. The maximum atomic E-state index is 3.59. The molecule has 0 saturated heterocycles. The third-order valence-corrected chi connectivity index (χ3v) is 3.47. The van der Waals surface area contributed by atoms with Crippen molar-refractivity contribution in [2.75, 3.05) is 0 Å². The normalized spacial score (nSPS) is 10.8. The number of rotatable bonds is 3. The number of halogens is 1. The van der Waals surface area contributed by atoms with E-state index in [2.05, 4.69) is 72.2 Å². The number of benzene rings is 2. The fourth-order valence-electron chi connectivity index (χ4n) is 1.99. The van der Waals surface area contributed by atoms with E-state index in [1.807, 2.05) is 6.07 Å².